The van der Waals surface area contributed by atoms with Crippen LogP contribution >= 0.6 is 11.6 Å². The largest absolute Gasteiger partial charge is 0.396 e. The number of anilines is 1. The monoisotopic (exact) mass is 214 g/mol. The van der Waals surface area contributed by atoms with Gasteiger partial charge in [-0.25, -0.2) is 4.39 Å². The summed E-state index contributed by atoms with van der Waals surface area (Å²) >= 11 is 5.78. The molecule has 3 N–H and O–H groups in total. The predicted molar refractivity (Wildman–Crippen MR) is 55.8 cm³/mol. The Morgan fingerprint density at radius 2 is 2.29 bits per heavy atom. The molecule has 0 bridgehead atoms. The third-order valence-corrected chi connectivity index (χ3v) is 2.78. The number of benzene rings is 1. The van der Waals surface area contributed by atoms with Gasteiger partial charge in [-0.2, -0.15) is 0 Å². The lowest BCUT2D eigenvalue weighted by atomic mass is 10.0. The van der Waals surface area contributed by atoms with Crippen molar-refractivity contribution >= 4 is 17.3 Å². The van der Waals surface area contributed by atoms with Crippen molar-refractivity contribution in [2.24, 2.45) is 0 Å². The molecule has 14 heavy (non-hydrogen) atoms. The maximum atomic E-state index is 13.3. The SMILES string of the molecule is Nc1c(F)cc(Cl)cc1[C@@H]1CCCN1. The molecule has 0 aliphatic carbocycles. The van der Waals surface area contributed by atoms with E-state index in [-0.39, 0.29) is 11.7 Å². The van der Waals surface area contributed by atoms with E-state index in [1.165, 1.54) is 6.07 Å². The first-order chi connectivity index (χ1) is 6.68. The number of hydrogen-bond acceptors (Lipinski definition) is 2. The summed E-state index contributed by atoms with van der Waals surface area (Å²) in [4.78, 5) is 0. The highest BCUT2D eigenvalue weighted by atomic mass is 35.5. The zero-order valence-electron chi connectivity index (χ0n) is 7.69. The molecule has 2 rings (SSSR count). The van der Waals surface area contributed by atoms with Crippen LogP contribution < -0.4 is 11.1 Å². The van der Waals surface area contributed by atoms with Gasteiger partial charge in [0.15, 0.2) is 0 Å². The van der Waals surface area contributed by atoms with Crippen LogP contribution in [-0.2, 0) is 0 Å². The minimum absolute atomic E-state index is 0.156. The van der Waals surface area contributed by atoms with Gasteiger partial charge in [-0.15, -0.1) is 0 Å². The zero-order chi connectivity index (χ0) is 10.1. The van der Waals surface area contributed by atoms with E-state index < -0.39 is 5.82 Å². The van der Waals surface area contributed by atoms with Gasteiger partial charge in [-0.05, 0) is 37.1 Å². The fourth-order valence-corrected chi connectivity index (χ4v) is 2.06. The van der Waals surface area contributed by atoms with Crippen molar-refractivity contribution in [2.45, 2.75) is 18.9 Å². The molecule has 0 unspecified atom stereocenters. The summed E-state index contributed by atoms with van der Waals surface area (Å²) in [6.45, 7) is 0.957. The molecule has 0 saturated carbocycles. The van der Waals surface area contributed by atoms with E-state index in [2.05, 4.69) is 5.32 Å². The van der Waals surface area contributed by atoms with Crippen LogP contribution in [0.1, 0.15) is 24.4 Å². The summed E-state index contributed by atoms with van der Waals surface area (Å²) in [7, 11) is 0. The molecule has 2 nitrogen and oxygen atoms in total. The average molecular weight is 215 g/mol. The summed E-state index contributed by atoms with van der Waals surface area (Å²) in [5.41, 5.74) is 6.66. The van der Waals surface area contributed by atoms with Crippen molar-refractivity contribution in [3.63, 3.8) is 0 Å². The molecule has 1 fully saturated rings. The molecule has 0 radical (unpaired) electrons. The van der Waals surface area contributed by atoms with Gasteiger partial charge in [-0.3, -0.25) is 0 Å². The summed E-state index contributed by atoms with van der Waals surface area (Å²) in [6, 6.07) is 3.14. The zero-order valence-corrected chi connectivity index (χ0v) is 8.44. The van der Waals surface area contributed by atoms with Gasteiger partial charge in [-0.1, -0.05) is 11.6 Å². The van der Waals surface area contributed by atoms with E-state index in [9.17, 15) is 4.39 Å². The fourth-order valence-electron chi connectivity index (χ4n) is 1.84. The Kier molecular flexibility index (Phi) is 2.61. The Morgan fingerprint density at radius 3 is 2.93 bits per heavy atom. The summed E-state index contributed by atoms with van der Waals surface area (Å²) in [6.07, 6.45) is 2.09. The molecule has 1 aromatic rings. The lowest BCUT2D eigenvalue weighted by Crippen LogP contribution is -2.15. The predicted octanol–water partition coefficient (Wildman–Crippen LogP) is 2.49. The number of hydrogen-bond donors (Lipinski definition) is 2. The molecule has 76 valence electrons. The number of nitrogen functional groups attached to an aromatic ring is 1. The normalized spacial score (nSPS) is 21.4. The Hall–Kier alpha value is -0.800. The number of nitrogens with two attached hydrogens (primary N) is 1. The van der Waals surface area contributed by atoms with Crippen molar-refractivity contribution in [3.8, 4) is 0 Å². The van der Waals surface area contributed by atoms with Crippen molar-refractivity contribution in [1.29, 1.82) is 0 Å². The molecule has 0 spiro atoms. The van der Waals surface area contributed by atoms with Gasteiger partial charge in [0.2, 0.25) is 0 Å². The van der Waals surface area contributed by atoms with Gasteiger partial charge in [0.05, 0.1) is 5.69 Å². The first kappa shape index (κ1) is 9.74. The standard InChI is InChI=1S/C10H12ClFN2/c11-6-4-7(9-2-1-3-14-9)10(13)8(12)5-6/h4-5,9,14H,1-3,13H2/t9-/m0/s1. The van der Waals surface area contributed by atoms with Crippen LogP contribution in [0.25, 0.3) is 0 Å². The number of rotatable bonds is 1. The molecule has 4 heteroatoms. The van der Waals surface area contributed by atoms with Gasteiger partial charge < -0.3 is 11.1 Å². The smallest absolute Gasteiger partial charge is 0.147 e. The molecule has 1 atom stereocenters. The maximum absolute atomic E-state index is 13.3. The van der Waals surface area contributed by atoms with Crippen LogP contribution in [0.5, 0.6) is 0 Å². The molecule has 0 aromatic heterocycles. The highest BCUT2D eigenvalue weighted by molar-refractivity contribution is 6.30. The first-order valence-corrected chi connectivity index (χ1v) is 5.04. The molecule has 1 saturated heterocycles. The first-order valence-electron chi connectivity index (χ1n) is 4.66. The lowest BCUT2D eigenvalue weighted by molar-refractivity contribution is 0.613. The molecule has 0 amide bonds. The third-order valence-electron chi connectivity index (χ3n) is 2.56. The summed E-state index contributed by atoms with van der Waals surface area (Å²) in [5.74, 6) is -0.429. The molecule has 1 aliphatic rings. The average Bonchev–Trinajstić information content (AvgIpc) is 2.63. The topological polar surface area (TPSA) is 38.0 Å². The lowest BCUT2D eigenvalue weighted by Gasteiger charge is -2.14. The molecular formula is C10H12ClFN2. The van der Waals surface area contributed by atoms with E-state index in [1.807, 2.05) is 0 Å². The van der Waals surface area contributed by atoms with Crippen LogP contribution in [0.3, 0.4) is 0 Å². The van der Waals surface area contributed by atoms with E-state index in [1.54, 1.807) is 6.07 Å². The van der Waals surface area contributed by atoms with E-state index in [0.717, 1.165) is 24.9 Å². The van der Waals surface area contributed by atoms with Crippen molar-refractivity contribution < 1.29 is 4.39 Å². The molecule has 1 aliphatic heterocycles. The Bertz CT molecular complexity index is 348. The second-order valence-electron chi connectivity index (χ2n) is 3.54. The van der Waals surface area contributed by atoms with Crippen molar-refractivity contribution in [3.05, 3.63) is 28.5 Å². The van der Waals surface area contributed by atoms with Crippen LogP contribution in [0.2, 0.25) is 5.02 Å². The number of halogens is 2. The third kappa shape index (κ3) is 1.70. The van der Waals surface area contributed by atoms with E-state index in [4.69, 9.17) is 17.3 Å². The maximum Gasteiger partial charge on any atom is 0.147 e. The summed E-state index contributed by atoms with van der Waals surface area (Å²) < 4.78 is 13.3. The highest BCUT2D eigenvalue weighted by Gasteiger charge is 2.20. The van der Waals surface area contributed by atoms with Gasteiger partial charge in [0.1, 0.15) is 5.82 Å². The minimum atomic E-state index is -0.429. The highest BCUT2D eigenvalue weighted by Crippen LogP contribution is 2.31. The van der Waals surface area contributed by atoms with Crippen LogP contribution in [-0.4, -0.2) is 6.54 Å². The molecule has 1 heterocycles. The van der Waals surface area contributed by atoms with Crippen LogP contribution in [0.4, 0.5) is 10.1 Å². The second-order valence-corrected chi connectivity index (χ2v) is 3.98. The van der Waals surface area contributed by atoms with Gasteiger partial charge in [0.25, 0.3) is 0 Å². The van der Waals surface area contributed by atoms with Crippen LogP contribution in [0, 0.1) is 5.82 Å². The van der Waals surface area contributed by atoms with Gasteiger partial charge >= 0.3 is 0 Å². The Labute approximate surface area is 87.2 Å². The second kappa shape index (κ2) is 3.75. The Morgan fingerprint density at radius 1 is 1.50 bits per heavy atom. The minimum Gasteiger partial charge on any atom is -0.396 e. The van der Waals surface area contributed by atoms with E-state index in [0.29, 0.717) is 5.02 Å². The molecular weight excluding hydrogens is 203 g/mol. The quantitative estimate of drug-likeness (QED) is 0.705. The van der Waals surface area contributed by atoms with Crippen LogP contribution in [0.15, 0.2) is 12.1 Å². The van der Waals surface area contributed by atoms with Gasteiger partial charge in [0, 0.05) is 11.1 Å². The number of nitrogens with one attached hydrogen (secondary N) is 1. The molecule has 1 aromatic carbocycles. The van der Waals surface area contributed by atoms with E-state index >= 15 is 0 Å². The van der Waals surface area contributed by atoms with Crippen molar-refractivity contribution in [2.75, 3.05) is 12.3 Å². The summed E-state index contributed by atoms with van der Waals surface area (Å²) in [5, 5.41) is 3.67. The fraction of sp³-hybridized carbons (Fsp3) is 0.400. The van der Waals surface area contributed by atoms with Crippen molar-refractivity contribution in [1.82, 2.24) is 5.32 Å². The Balaban J connectivity index is 2.40.